The first-order valence-corrected chi connectivity index (χ1v) is 6.71. The lowest BCUT2D eigenvalue weighted by molar-refractivity contribution is 0.0390. The van der Waals surface area contributed by atoms with Crippen molar-refractivity contribution in [1.29, 1.82) is 0 Å². The molecule has 0 bridgehead atoms. The Morgan fingerprint density at radius 2 is 1.47 bits per heavy atom. The van der Waals surface area contributed by atoms with Gasteiger partial charge in [-0.15, -0.1) is 12.4 Å². The molecular formula is C13H22ClF2N. The van der Waals surface area contributed by atoms with Gasteiger partial charge in [-0.3, -0.25) is 0 Å². The zero-order valence-electron chi connectivity index (χ0n) is 10.1. The van der Waals surface area contributed by atoms with Gasteiger partial charge in [0.25, 0.3) is 5.92 Å². The van der Waals surface area contributed by atoms with Gasteiger partial charge in [0.1, 0.15) is 0 Å². The highest BCUT2D eigenvalue weighted by atomic mass is 35.5. The summed E-state index contributed by atoms with van der Waals surface area (Å²) < 4.78 is 28.2. The van der Waals surface area contributed by atoms with E-state index in [2.05, 4.69) is 0 Å². The first-order chi connectivity index (χ1) is 7.58. The van der Waals surface area contributed by atoms with E-state index in [1.54, 1.807) is 0 Å². The lowest BCUT2D eigenvalue weighted by atomic mass is 9.79. The summed E-state index contributed by atoms with van der Waals surface area (Å²) in [5.74, 6) is -2.36. The lowest BCUT2D eigenvalue weighted by Crippen LogP contribution is -2.30. The number of hydrogen-bond donors (Lipinski definition) is 1. The van der Waals surface area contributed by atoms with E-state index in [-0.39, 0.29) is 24.4 Å². The highest BCUT2D eigenvalue weighted by Crippen LogP contribution is 2.75. The minimum atomic E-state index is -2.37. The van der Waals surface area contributed by atoms with Crippen LogP contribution in [0.3, 0.4) is 0 Å². The second-order valence-corrected chi connectivity index (χ2v) is 6.14. The minimum Gasteiger partial charge on any atom is -0.328 e. The van der Waals surface area contributed by atoms with E-state index in [1.165, 1.54) is 0 Å². The number of alkyl halides is 2. The summed E-state index contributed by atoms with van der Waals surface area (Å²) in [5.41, 5.74) is 5.20. The van der Waals surface area contributed by atoms with Gasteiger partial charge in [-0.1, -0.05) is 12.8 Å². The largest absolute Gasteiger partial charge is 0.328 e. The highest BCUT2D eigenvalue weighted by Gasteiger charge is 2.80. The Kier molecular flexibility index (Phi) is 3.46. The minimum absolute atomic E-state index is 0. The predicted octanol–water partition coefficient (Wildman–Crippen LogP) is 3.75. The third-order valence-electron chi connectivity index (χ3n) is 5.36. The molecule has 100 valence electrons. The Hall–Kier alpha value is 0.110. The normalized spacial score (nSPS) is 44.6. The smallest absolute Gasteiger partial charge is 0.257 e. The van der Waals surface area contributed by atoms with Crippen LogP contribution in [0.5, 0.6) is 0 Å². The number of nitrogens with two attached hydrogens (primary N) is 1. The number of rotatable bonds is 1. The van der Waals surface area contributed by atoms with Gasteiger partial charge in [-0.25, -0.2) is 8.78 Å². The van der Waals surface area contributed by atoms with E-state index in [1.807, 2.05) is 0 Å². The lowest BCUT2D eigenvalue weighted by Gasteiger charge is -2.27. The van der Waals surface area contributed by atoms with Crippen LogP contribution in [0.1, 0.15) is 51.4 Å². The maximum Gasteiger partial charge on any atom is 0.257 e. The van der Waals surface area contributed by atoms with Crippen LogP contribution in [0.4, 0.5) is 8.78 Å². The van der Waals surface area contributed by atoms with Gasteiger partial charge in [0, 0.05) is 17.4 Å². The molecule has 17 heavy (non-hydrogen) atoms. The molecule has 1 unspecified atom stereocenters. The van der Waals surface area contributed by atoms with Crippen molar-refractivity contribution < 1.29 is 8.78 Å². The Labute approximate surface area is 108 Å². The quantitative estimate of drug-likeness (QED) is 0.768. The van der Waals surface area contributed by atoms with Crippen LogP contribution in [0, 0.1) is 17.3 Å². The summed E-state index contributed by atoms with van der Waals surface area (Å²) in [6.45, 7) is 0. The summed E-state index contributed by atoms with van der Waals surface area (Å²) >= 11 is 0. The summed E-state index contributed by atoms with van der Waals surface area (Å²) in [5, 5.41) is 0. The second kappa shape index (κ2) is 4.34. The molecule has 0 heterocycles. The molecule has 3 fully saturated rings. The maximum atomic E-state index is 14.1. The van der Waals surface area contributed by atoms with Crippen LogP contribution >= 0.6 is 12.4 Å². The molecule has 3 aliphatic rings. The molecule has 0 aromatic rings. The van der Waals surface area contributed by atoms with E-state index in [0.29, 0.717) is 18.8 Å². The van der Waals surface area contributed by atoms with Crippen LogP contribution < -0.4 is 5.73 Å². The van der Waals surface area contributed by atoms with Gasteiger partial charge < -0.3 is 5.73 Å². The summed E-state index contributed by atoms with van der Waals surface area (Å²) in [4.78, 5) is 0. The molecule has 3 aliphatic carbocycles. The Balaban J connectivity index is 0.00000108. The maximum absolute atomic E-state index is 14.1. The first kappa shape index (κ1) is 13.5. The van der Waals surface area contributed by atoms with Crippen molar-refractivity contribution in [3.63, 3.8) is 0 Å². The van der Waals surface area contributed by atoms with E-state index in [4.69, 9.17) is 5.73 Å². The van der Waals surface area contributed by atoms with Crippen LogP contribution in [0.25, 0.3) is 0 Å². The zero-order chi connectivity index (χ0) is 11.4. The fourth-order valence-corrected chi connectivity index (χ4v) is 4.38. The van der Waals surface area contributed by atoms with Gasteiger partial charge in [0.15, 0.2) is 0 Å². The molecule has 3 saturated carbocycles. The SMILES string of the molecule is Cl.NC1CCC2(CC1)C(C1CCCC1)C2(F)F. The topological polar surface area (TPSA) is 26.0 Å². The molecule has 1 nitrogen and oxygen atoms in total. The molecule has 1 spiro atoms. The molecule has 0 aliphatic heterocycles. The number of halogens is 3. The molecule has 2 N–H and O–H groups in total. The molecule has 0 aromatic carbocycles. The predicted molar refractivity (Wildman–Crippen MR) is 66.5 cm³/mol. The van der Waals surface area contributed by atoms with E-state index in [0.717, 1.165) is 38.5 Å². The van der Waals surface area contributed by atoms with Crippen LogP contribution in [-0.4, -0.2) is 12.0 Å². The molecule has 0 saturated heterocycles. The monoisotopic (exact) mass is 265 g/mol. The van der Waals surface area contributed by atoms with Crippen molar-refractivity contribution in [3.05, 3.63) is 0 Å². The average Bonchev–Trinajstić information content (AvgIpc) is 2.64. The molecular weight excluding hydrogens is 244 g/mol. The van der Waals surface area contributed by atoms with Gasteiger partial charge >= 0.3 is 0 Å². The third kappa shape index (κ3) is 1.81. The van der Waals surface area contributed by atoms with Crippen molar-refractivity contribution in [1.82, 2.24) is 0 Å². The number of hydrogen-bond acceptors (Lipinski definition) is 1. The summed E-state index contributed by atoms with van der Waals surface area (Å²) in [7, 11) is 0. The van der Waals surface area contributed by atoms with Crippen molar-refractivity contribution in [2.75, 3.05) is 0 Å². The van der Waals surface area contributed by atoms with Crippen LogP contribution in [-0.2, 0) is 0 Å². The van der Waals surface area contributed by atoms with Crippen molar-refractivity contribution >= 4 is 12.4 Å². The molecule has 3 rings (SSSR count). The zero-order valence-corrected chi connectivity index (χ0v) is 10.9. The Bertz CT molecular complexity index is 281. The van der Waals surface area contributed by atoms with Gasteiger partial charge in [0.2, 0.25) is 0 Å². The molecule has 0 radical (unpaired) electrons. The third-order valence-corrected chi connectivity index (χ3v) is 5.36. The average molecular weight is 266 g/mol. The fourth-order valence-electron chi connectivity index (χ4n) is 4.38. The molecule has 1 atom stereocenters. The summed E-state index contributed by atoms with van der Waals surface area (Å²) in [6.07, 6.45) is 7.34. The molecule has 0 aromatic heterocycles. The second-order valence-electron chi connectivity index (χ2n) is 6.14. The fraction of sp³-hybridized carbons (Fsp3) is 1.00. The first-order valence-electron chi connectivity index (χ1n) is 6.71. The van der Waals surface area contributed by atoms with Crippen LogP contribution in [0.15, 0.2) is 0 Å². The van der Waals surface area contributed by atoms with Crippen LogP contribution in [0.2, 0.25) is 0 Å². The Morgan fingerprint density at radius 1 is 0.941 bits per heavy atom. The van der Waals surface area contributed by atoms with Crippen molar-refractivity contribution in [2.45, 2.75) is 63.3 Å². The van der Waals surface area contributed by atoms with Gasteiger partial charge in [0.05, 0.1) is 0 Å². The van der Waals surface area contributed by atoms with E-state index in [9.17, 15) is 8.78 Å². The highest BCUT2D eigenvalue weighted by molar-refractivity contribution is 5.85. The standard InChI is InChI=1S/C13H21F2N.ClH/c14-13(15)11(9-3-1-2-4-9)12(13)7-5-10(16)6-8-12;/h9-11H,1-8,16H2;1H. The summed E-state index contributed by atoms with van der Waals surface area (Å²) in [6, 6.07) is 0.172. The van der Waals surface area contributed by atoms with E-state index < -0.39 is 11.3 Å². The molecule has 4 heteroatoms. The van der Waals surface area contributed by atoms with E-state index >= 15 is 0 Å². The Morgan fingerprint density at radius 3 is 2.00 bits per heavy atom. The van der Waals surface area contributed by atoms with Gasteiger partial charge in [-0.2, -0.15) is 0 Å². The van der Waals surface area contributed by atoms with Crippen molar-refractivity contribution in [3.8, 4) is 0 Å². The van der Waals surface area contributed by atoms with Crippen molar-refractivity contribution in [2.24, 2.45) is 23.0 Å². The molecule has 0 amide bonds. The van der Waals surface area contributed by atoms with Gasteiger partial charge in [-0.05, 0) is 44.4 Å².